The maximum absolute atomic E-state index is 12.3. The third-order valence-corrected chi connectivity index (χ3v) is 6.08. The van der Waals surface area contributed by atoms with Crippen LogP contribution in [0.4, 0.5) is 5.69 Å². The zero-order chi connectivity index (χ0) is 21.6. The van der Waals surface area contributed by atoms with Crippen molar-refractivity contribution < 1.29 is 22.7 Å². The average molecular weight is 431 g/mol. The van der Waals surface area contributed by atoms with E-state index in [0.29, 0.717) is 44.8 Å². The highest BCUT2D eigenvalue weighted by atomic mass is 32.2. The van der Waals surface area contributed by atoms with Crippen LogP contribution in [0.5, 0.6) is 0 Å². The quantitative estimate of drug-likeness (QED) is 0.726. The molecule has 7 nitrogen and oxygen atoms in total. The monoisotopic (exact) mass is 430 g/mol. The molecule has 1 N–H and O–H groups in total. The molecule has 1 fully saturated rings. The number of benzene rings is 2. The predicted octanol–water partition coefficient (Wildman–Crippen LogP) is 2.06. The van der Waals surface area contributed by atoms with E-state index >= 15 is 0 Å². The fraction of sp³-hybridized carbons (Fsp3) is 0.364. The number of sulfone groups is 1. The summed E-state index contributed by atoms with van der Waals surface area (Å²) in [5, 5.41) is 2.85. The molecule has 160 valence electrons. The second-order valence-corrected chi connectivity index (χ2v) is 9.35. The summed E-state index contributed by atoms with van der Waals surface area (Å²) in [6.45, 7) is 2.42. The Bertz CT molecular complexity index is 979. The Balaban J connectivity index is 1.46. The Morgan fingerprint density at radius 1 is 0.967 bits per heavy atom. The molecule has 2 aromatic carbocycles. The smallest absolute Gasteiger partial charge is 0.227 e. The van der Waals surface area contributed by atoms with Gasteiger partial charge in [0.25, 0.3) is 0 Å². The number of anilines is 1. The minimum Gasteiger partial charge on any atom is -0.378 e. The van der Waals surface area contributed by atoms with Gasteiger partial charge in [-0.05, 0) is 41.8 Å². The van der Waals surface area contributed by atoms with E-state index in [0.717, 1.165) is 11.1 Å². The van der Waals surface area contributed by atoms with Crippen LogP contribution in [-0.2, 0) is 37.0 Å². The molecule has 30 heavy (non-hydrogen) atoms. The molecule has 0 bridgehead atoms. The number of aryl methyl sites for hydroxylation is 1. The Morgan fingerprint density at radius 3 is 2.17 bits per heavy atom. The van der Waals surface area contributed by atoms with Gasteiger partial charge in [0.1, 0.15) is 0 Å². The van der Waals surface area contributed by atoms with Gasteiger partial charge in [0.05, 0.1) is 24.5 Å². The number of carbonyl (C=O) groups is 2. The number of amides is 2. The second-order valence-electron chi connectivity index (χ2n) is 7.33. The SMILES string of the molecule is CS(=O)(=O)c1ccc(CCC(=O)Nc2ccc(CC(=O)N3CCOCC3)cc2)cc1. The van der Waals surface area contributed by atoms with E-state index in [9.17, 15) is 18.0 Å². The first-order chi connectivity index (χ1) is 14.3. The number of morpholine rings is 1. The summed E-state index contributed by atoms with van der Waals surface area (Å²) in [4.78, 5) is 26.6. The van der Waals surface area contributed by atoms with Crippen LogP contribution in [0.3, 0.4) is 0 Å². The van der Waals surface area contributed by atoms with Crippen molar-refractivity contribution >= 4 is 27.3 Å². The lowest BCUT2D eigenvalue weighted by molar-refractivity contribution is -0.134. The van der Waals surface area contributed by atoms with Gasteiger partial charge in [0.15, 0.2) is 9.84 Å². The molecule has 0 spiro atoms. The van der Waals surface area contributed by atoms with E-state index in [-0.39, 0.29) is 23.1 Å². The highest BCUT2D eigenvalue weighted by Crippen LogP contribution is 2.14. The Labute approximate surface area is 177 Å². The molecule has 2 amide bonds. The molecular weight excluding hydrogens is 404 g/mol. The standard InChI is InChI=1S/C22H26N2O5S/c1-30(27,28)20-9-4-17(5-10-20)6-11-21(25)23-19-7-2-18(3-8-19)16-22(26)24-12-14-29-15-13-24/h2-5,7-10H,6,11-16H2,1H3,(H,23,25). The van der Waals surface area contributed by atoms with Gasteiger partial charge >= 0.3 is 0 Å². The van der Waals surface area contributed by atoms with Crippen molar-refractivity contribution in [3.63, 3.8) is 0 Å². The van der Waals surface area contributed by atoms with Gasteiger partial charge < -0.3 is 15.0 Å². The predicted molar refractivity (Wildman–Crippen MR) is 114 cm³/mol. The number of carbonyl (C=O) groups excluding carboxylic acids is 2. The van der Waals surface area contributed by atoms with Gasteiger partial charge in [-0.25, -0.2) is 8.42 Å². The topological polar surface area (TPSA) is 92.8 Å². The lowest BCUT2D eigenvalue weighted by Gasteiger charge is -2.26. The Hall–Kier alpha value is -2.71. The molecule has 3 rings (SSSR count). The molecule has 1 aliphatic rings. The van der Waals surface area contributed by atoms with Gasteiger partial charge in [-0.2, -0.15) is 0 Å². The summed E-state index contributed by atoms with van der Waals surface area (Å²) in [6.07, 6.45) is 2.30. The first-order valence-corrected chi connectivity index (χ1v) is 11.7. The summed E-state index contributed by atoms with van der Waals surface area (Å²) >= 11 is 0. The number of hydrogen-bond donors (Lipinski definition) is 1. The number of ether oxygens (including phenoxy) is 1. The van der Waals surface area contributed by atoms with Crippen molar-refractivity contribution in [2.45, 2.75) is 24.2 Å². The lowest BCUT2D eigenvalue weighted by Crippen LogP contribution is -2.41. The van der Waals surface area contributed by atoms with E-state index in [1.54, 1.807) is 36.4 Å². The minimum absolute atomic E-state index is 0.0805. The van der Waals surface area contributed by atoms with Crippen LogP contribution >= 0.6 is 0 Å². The minimum atomic E-state index is -3.22. The zero-order valence-electron chi connectivity index (χ0n) is 17.0. The average Bonchev–Trinajstić information content (AvgIpc) is 2.74. The van der Waals surface area contributed by atoms with Gasteiger partial charge in [-0.15, -0.1) is 0 Å². The van der Waals surface area contributed by atoms with Crippen LogP contribution in [0.15, 0.2) is 53.4 Å². The summed E-state index contributed by atoms with van der Waals surface area (Å²) in [5.41, 5.74) is 2.47. The molecule has 0 radical (unpaired) electrons. The highest BCUT2D eigenvalue weighted by molar-refractivity contribution is 7.90. The molecule has 8 heteroatoms. The number of nitrogens with one attached hydrogen (secondary N) is 1. The molecule has 1 aliphatic heterocycles. The van der Waals surface area contributed by atoms with Crippen molar-refractivity contribution in [3.8, 4) is 0 Å². The molecular formula is C22H26N2O5S. The second kappa shape index (κ2) is 9.86. The van der Waals surface area contributed by atoms with Crippen LogP contribution in [0.1, 0.15) is 17.5 Å². The van der Waals surface area contributed by atoms with Crippen LogP contribution in [-0.4, -0.2) is 57.7 Å². The van der Waals surface area contributed by atoms with Gasteiger partial charge in [0.2, 0.25) is 11.8 Å². The fourth-order valence-electron chi connectivity index (χ4n) is 3.19. The third kappa shape index (κ3) is 6.40. The van der Waals surface area contributed by atoms with Crippen LogP contribution in [0.2, 0.25) is 0 Å². The fourth-order valence-corrected chi connectivity index (χ4v) is 3.82. The molecule has 0 saturated carbocycles. The number of rotatable bonds is 7. The van der Waals surface area contributed by atoms with E-state index in [4.69, 9.17) is 4.74 Å². The third-order valence-electron chi connectivity index (χ3n) is 4.95. The maximum Gasteiger partial charge on any atom is 0.227 e. The summed E-state index contributed by atoms with van der Waals surface area (Å²) < 4.78 is 28.2. The molecule has 0 aliphatic carbocycles. The van der Waals surface area contributed by atoms with Crippen molar-refractivity contribution in [2.24, 2.45) is 0 Å². The first kappa shape index (κ1) is 22.0. The summed E-state index contributed by atoms with van der Waals surface area (Å²) in [6, 6.07) is 13.8. The Morgan fingerprint density at radius 2 is 1.57 bits per heavy atom. The number of nitrogens with zero attached hydrogens (tertiary/aromatic N) is 1. The largest absolute Gasteiger partial charge is 0.378 e. The highest BCUT2D eigenvalue weighted by Gasteiger charge is 2.17. The lowest BCUT2D eigenvalue weighted by atomic mass is 10.1. The zero-order valence-corrected chi connectivity index (χ0v) is 17.8. The number of hydrogen-bond acceptors (Lipinski definition) is 5. The molecule has 1 saturated heterocycles. The van der Waals surface area contributed by atoms with E-state index in [1.807, 2.05) is 17.0 Å². The molecule has 2 aromatic rings. The van der Waals surface area contributed by atoms with Crippen molar-refractivity contribution in [1.29, 1.82) is 0 Å². The van der Waals surface area contributed by atoms with Crippen LogP contribution in [0, 0.1) is 0 Å². The van der Waals surface area contributed by atoms with E-state index in [1.165, 1.54) is 6.26 Å². The van der Waals surface area contributed by atoms with Gasteiger partial charge in [0, 0.05) is 31.5 Å². The summed E-state index contributed by atoms with van der Waals surface area (Å²) in [7, 11) is -3.22. The van der Waals surface area contributed by atoms with Crippen LogP contribution < -0.4 is 5.32 Å². The van der Waals surface area contributed by atoms with E-state index in [2.05, 4.69) is 5.32 Å². The van der Waals surface area contributed by atoms with Gasteiger partial charge in [-0.3, -0.25) is 9.59 Å². The molecule has 0 unspecified atom stereocenters. The summed E-state index contributed by atoms with van der Waals surface area (Å²) in [5.74, 6) is -0.0451. The molecule has 0 atom stereocenters. The Kier molecular flexibility index (Phi) is 7.23. The van der Waals surface area contributed by atoms with Crippen LogP contribution in [0.25, 0.3) is 0 Å². The van der Waals surface area contributed by atoms with Crippen molar-refractivity contribution in [3.05, 3.63) is 59.7 Å². The molecule has 1 heterocycles. The van der Waals surface area contributed by atoms with Crippen molar-refractivity contribution in [2.75, 3.05) is 37.9 Å². The maximum atomic E-state index is 12.3. The van der Waals surface area contributed by atoms with E-state index < -0.39 is 9.84 Å². The van der Waals surface area contributed by atoms with Gasteiger partial charge in [-0.1, -0.05) is 24.3 Å². The van der Waals surface area contributed by atoms with Crippen molar-refractivity contribution in [1.82, 2.24) is 4.90 Å². The normalized spacial score (nSPS) is 14.4. The first-order valence-electron chi connectivity index (χ1n) is 9.84. The molecule has 0 aromatic heterocycles.